The zero-order valence-electron chi connectivity index (χ0n) is 53.5. The van der Waals surface area contributed by atoms with Gasteiger partial charge in [0.2, 0.25) is 5.13 Å². The van der Waals surface area contributed by atoms with Gasteiger partial charge in [0.15, 0.2) is 5.58 Å². The van der Waals surface area contributed by atoms with Crippen molar-refractivity contribution in [3.05, 3.63) is 196 Å². The number of fused-ring (bicyclic) bond motifs is 3. The summed E-state index contributed by atoms with van der Waals surface area (Å²) in [6.45, 7) is 40.4. The van der Waals surface area contributed by atoms with E-state index in [-0.39, 0.29) is 98.1 Å². The zero-order chi connectivity index (χ0) is 59.2. The molecular formula is C68H93N8OSY3-3. The Morgan fingerprint density at radius 1 is 0.395 bits per heavy atom. The first-order valence-corrected chi connectivity index (χ1v) is 28.7. The van der Waals surface area contributed by atoms with Gasteiger partial charge in [0.25, 0.3) is 0 Å². The van der Waals surface area contributed by atoms with E-state index in [1.807, 2.05) is 165 Å². The van der Waals surface area contributed by atoms with Crippen LogP contribution in [-0.4, -0.2) is 49.8 Å². The minimum absolute atomic E-state index is 0. The van der Waals surface area contributed by atoms with Crippen molar-refractivity contribution >= 4 is 78.9 Å². The molecule has 0 saturated heterocycles. The van der Waals surface area contributed by atoms with E-state index in [1.165, 1.54) is 43.3 Å². The fourth-order valence-electron chi connectivity index (χ4n) is 6.47. The smallest absolute Gasteiger partial charge is 0.318 e. The van der Waals surface area contributed by atoms with Crippen LogP contribution in [0.25, 0.3) is 32.1 Å². The standard InChI is InChI=1S/C20H19N2.C17H16N3O.C17H16N3S.7C2H6.3Y/c1-15-8-9-16(2)19(12-15)14-21-22(3)20-11-10-17-6-4-5-7-18(17)13-20;2*1-12-8-9-13(2)14(10-12)11-18-20(3)17-19-15-6-4-5-7-16(15)21-17;7*1-2;;;/h4-13H,1-3H3;2*4-10H,1-3H3;7*1-2H3;;;/q3*-1;;;;;;;;;;. The molecule has 429 valence electrons. The number of aromatic nitrogens is 2. The Morgan fingerprint density at radius 2 is 0.790 bits per heavy atom. The Balaban J connectivity index is -0.000000486. The predicted octanol–water partition coefficient (Wildman–Crippen LogP) is 20.0. The van der Waals surface area contributed by atoms with E-state index in [0.717, 1.165) is 49.7 Å². The molecule has 0 aliphatic heterocycles. The third-order valence-electron chi connectivity index (χ3n) is 10.4. The number of hydrogen-bond donors (Lipinski definition) is 0. The maximum absolute atomic E-state index is 5.65. The van der Waals surface area contributed by atoms with Gasteiger partial charge in [-0.05, 0) is 65.8 Å². The van der Waals surface area contributed by atoms with Crippen LogP contribution in [0.3, 0.4) is 0 Å². The second kappa shape index (κ2) is 49.3. The van der Waals surface area contributed by atoms with Crippen LogP contribution in [0.2, 0.25) is 0 Å². The Bertz CT molecular complexity index is 2930. The fourth-order valence-corrected chi connectivity index (χ4v) is 7.35. The average molecular weight is 1340 g/mol. The second-order valence-corrected chi connectivity index (χ2v) is 16.6. The Kier molecular flexibility index (Phi) is 50.7. The molecule has 9 rings (SSSR count). The molecule has 81 heavy (non-hydrogen) atoms. The largest absolute Gasteiger partial charge is 0.422 e. The van der Waals surface area contributed by atoms with Gasteiger partial charge < -0.3 is 4.42 Å². The Hall–Kier alpha value is -4.12. The van der Waals surface area contributed by atoms with Crippen molar-refractivity contribution in [2.24, 2.45) is 15.3 Å². The molecule has 0 bridgehead atoms. The van der Waals surface area contributed by atoms with Gasteiger partial charge >= 0.3 is 6.01 Å². The SMILES string of the molecule is CC.CC.CC.CC.CC.CC.CC.Cc1ccc(C)c([C-]=NN(C)c2ccc3ccccc3c2)c1.Cc1ccc(C)c([C-]=NN(C)c2nc3ccccc3o2)c1.Cc1ccc(C)c([C-]=NN(C)c2nc3ccccc3s2)c1.[Y].[Y].[Y]. The number of oxazole rings is 1. The average Bonchev–Trinajstić information content (AvgIpc) is 4.15. The molecule has 0 aliphatic carbocycles. The van der Waals surface area contributed by atoms with Crippen LogP contribution in [-0.2, 0) is 98.1 Å². The van der Waals surface area contributed by atoms with Crippen molar-refractivity contribution in [2.45, 2.75) is 138 Å². The maximum atomic E-state index is 5.65. The first-order chi connectivity index (χ1) is 37.9. The monoisotopic (exact) mass is 1340 g/mol. The number of hydrogen-bond acceptors (Lipinski definition) is 10. The number of aryl methyl sites for hydroxylation is 6. The van der Waals surface area contributed by atoms with Gasteiger partial charge in [-0.25, -0.2) is 20.2 Å². The minimum Gasteiger partial charge on any atom is -0.422 e. The van der Waals surface area contributed by atoms with Gasteiger partial charge in [0.1, 0.15) is 5.52 Å². The van der Waals surface area contributed by atoms with Crippen LogP contribution in [0, 0.1) is 41.5 Å². The first-order valence-electron chi connectivity index (χ1n) is 27.9. The van der Waals surface area contributed by atoms with Gasteiger partial charge in [0, 0.05) is 119 Å². The zero-order valence-corrected chi connectivity index (χ0v) is 62.8. The van der Waals surface area contributed by atoms with Crippen LogP contribution < -0.4 is 15.0 Å². The van der Waals surface area contributed by atoms with E-state index < -0.39 is 0 Å². The van der Waals surface area contributed by atoms with E-state index in [4.69, 9.17) is 4.42 Å². The second-order valence-electron chi connectivity index (χ2n) is 15.6. The van der Waals surface area contributed by atoms with E-state index in [0.29, 0.717) is 6.01 Å². The van der Waals surface area contributed by atoms with Crippen molar-refractivity contribution < 1.29 is 103 Å². The molecule has 0 unspecified atom stereocenters. The summed E-state index contributed by atoms with van der Waals surface area (Å²) >= 11 is 1.63. The molecular weight excluding hydrogens is 1240 g/mol. The number of para-hydroxylation sites is 3. The summed E-state index contributed by atoms with van der Waals surface area (Å²) in [6.07, 6.45) is 9.31. The van der Waals surface area contributed by atoms with Crippen LogP contribution in [0.4, 0.5) is 16.8 Å². The fraction of sp³-hybridized carbons (Fsp3) is 0.338. The minimum atomic E-state index is 0. The van der Waals surface area contributed by atoms with E-state index in [1.54, 1.807) is 28.4 Å². The number of benzene rings is 7. The van der Waals surface area contributed by atoms with Crippen molar-refractivity contribution in [1.82, 2.24) is 9.97 Å². The molecule has 2 heterocycles. The summed E-state index contributed by atoms with van der Waals surface area (Å²) in [5, 5.41) is 21.7. The Labute approximate surface area is 570 Å². The predicted molar refractivity (Wildman–Crippen MR) is 350 cm³/mol. The summed E-state index contributed by atoms with van der Waals surface area (Å²) in [7, 11) is 5.64. The molecule has 0 fully saturated rings. The van der Waals surface area contributed by atoms with Crippen molar-refractivity contribution in [3.8, 4) is 0 Å². The molecule has 13 heteroatoms. The third-order valence-corrected chi connectivity index (χ3v) is 11.5. The van der Waals surface area contributed by atoms with Gasteiger partial charge in [0.05, 0.1) is 15.9 Å². The molecule has 0 N–H and O–H groups in total. The van der Waals surface area contributed by atoms with Gasteiger partial charge in [-0.3, -0.25) is 15.1 Å². The van der Waals surface area contributed by atoms with Crippen molar-refractivity contribution in [3.63, 3.8) is 0 Å². The normalized spacial score (nSPS) is 9.47. The van der Waals surface area contributed by atoms with Gasteiger partial charge in [-0.1, -0.05) is 223 Å². The summed E-state index contributed by atoms with van der Waals surface area (Å²) in [6, 6.07) is 49.7. The molecule has 2 aromatic heterocycles. The van der Waals surface area contributed by atoms with E-state index >= 15 is 0 Å². The maximum Gasteiger partial charge on any atom is 0.318 e. The van der Waals surface area contributed by atoms with E-state index in [9.17, 15) is 0 Å². The number of thiazole rings is 1. The van der Waals surface area contributed by atoms with Crippen LogP contribution in [0.5, 0.6) is 0 Å². The third kappa shape index (κ3) is 28.8. The number of hydrazone groups is 3. The summed E-state index contributed by atoms with van der Waals surface area (Å²) in [5.74, 6) is 0. The quantitative estimate of drug-likeness (QED) is 0.0813. The van der Waals surface area contributed by atoms with Gasteiger partial charge in [-0.2, -0.15) is 56.6 Å². The van der Waals surface area contributed by atoms with Crippen LogP contribution in [0.1, 0.15) is 147 Å². The molecule has 0 saturated carbocycles. The van der Waals surface area contributed by atoms with Crippen LogP contribution in [0.15, 0.2) is 165 Å². The van der Waals surface area contributed by atoms with Crippen LogP contribution >= 0.6 is 11.3 Å². The first kappa shape index (κ1) is 83.3. The van der Waals surface area contributed by atoms with Crippen molar-refractivity contribution in [1.29, 1.82) is 0 Å². The molecule has 0 atom stereocenters. The van der Waals surface area contributed by atoms with Gasteiger partial charge in [-0.15, -0.1) is 34.9 Å². The molecule has 7 aromatic carbocycles. The Morgan fingerprint density at radius 3 is 1.25 bits per heavy atom. The number of rotatable bonds is 9. The molecule has 3 radical (unpaired) electrons. The molecule has 9 aromatic rings. The summed E-state index contributed by atoms with van der Waals surface area (Å²) in [5.41, 5.74) is 13.7. The molecule has 0 spiro atoms. The topological polar surface area (TPSA) is 85.7 Å². The molecule has 0 amide bonds. The summed E-state index contributed by atoms with van der Waals surface area (Å²) < 4.78 is 6.82. The molecule has 0 aliphatic rings. The summed E-state index contributed by atoms with van der Waals surface area (Å²) in [4.78, 5) is 8.97. The molecule has 9 nitrogen and oxygen atoms in total. The van der Waals surface area contributed by atoms with Crippen molar-refractivity contribution in [2.75, 3.05) is 36.2 Å². The number of nitrogens with zero attached hydrogens (tertiary/aromatic N) is 8. The number of anilines is 3. The van der Waals surface area contributed by atoms with E-state index in [2.05, 4.69) is 182 Å².